The molecular formula is C13H17IN4S. The minimum Gasteiger partial charge on any atom is -0.369 e. The maximum absolute atomic E-state index is 4.71. The van der Waals surface area contributed by atoms with Crippen LogP contribution in [0.4, 0.5) is 5.82 Å². The second-order valence-electron chi connectivity index (χ2n) is 5.21. The van der Waals surface area contributed by atoms with Crippen LogP contribution in [-0.2, 0) is 5.41 Å². The molecule has 2 aromatic heterocycles. The van der Waals surface area contributed by atoms with Crippen molar-refractivity contribution in [2.24, 2.45) is 0 Å². The summed E-state index contributed by atoms with van der Waals surface area (Å²) in [6, 6.07) is 0. The van der Waals surface area contributed by atoms with Gasteiger partial charge in [-0.05, 0) is 29.5 Å². The van der Waals surface area contributed by atoms with Gasteiger partial charge in [0.2, 0.25) is 0 Å². The van der Waals surface area contributed by atoms with Gasteiger partial charge in [0.1, 0.15) is 11.5 Å². The number of anilines is 1. The fraction of sp³-hybridized carbons (Fsp3) is 0.462. The van der Waals surface area contributed by atoms with Gasteiger partial charge in [-0.2, -0.15) is 0 Å². The first-order valence-corrected chi connectivity index (χ1v) is 8.16. The largest absolute Gasteiger partial charge is 0.369 e. The Morgan fingerprint density at radius 3 is 2.58 bits per heavy atom. The Labute approximate surface area is 131 Å². The highest BCUT2D eigenvalue weighted by Crippen LogP contribution is 2.31. The van der Waals surface area contributed by atoms with E-state index in [1.54, 1.807) is 16.8 Å². The van der Waals surface area contributed by atoms with Crippen LogP contribution in [0.2, 0.25) is 0 Å². The van der Waals surface area contributed by atoms with Gasteiger partial charge in [-0.25, -0.2) is 15.0 Å². The minimum absolute atomic E-state index is 0.0194. The van der Waals surface area contributed by atoms with Crippen molar-refractivity contribution in [2.75, 3.05) is 11.9 Å². The Morgan fingerprint density at radius 1 is 1.32 bits per heavy atom. The molecule has 0 bridgehead atoms. The highest BCUT2D eigenvalue weighted by Gasteiger charge is 2.23. The predicted molar refractivity (Wildman–Crippen MR) is 88.7 cm³/mol. The van der Waals surface area contributed by atoms with Crippen LogP contribution >= 0.6 is 33.9 Å². The normalized spacial score (nSPS) is 11.6. The van der Waals surface area contributed by atoms with Gasteiger partial charge in [0.25, 0.3) is 0 Å². The second kappa shape index (κ2) is 5.70. The van der Waals surface area contributed by atoms with Crippen LogP contribution in [-0.4, -0.2) is 21.5 Å². The van der Waals surface area contributed by atoms with Gasteiger partial charge < -0.3 is 5.32 Å². The number of halogens is 1. The lowest BCUT2D eigenvalue weighted by Crippen LogP contribution is -2.19. The van der Waals surface area contributed by atoms with Crippen LogP contribution in [0, 0.1) is 3.57 Å². The fourth-order valence-corrected chi connectivity index (χ4v) is 3.44. The molecule has 6 heteroatoms. The van der Waals surface area contributed by atoms with Gasteiger partial charge in [-0.3, -0.25) is 0 Å². The van der Waals surface area contributed by atoms with Gasteiger partial charge in [0.05, 0.1) is 14.8 Å². The zero-order valence-corrected chi connectivity index (χ0v) is 14.5. The van der Waals surface area contributed by atoms with E-state index in [0.29, 0.717) is 5.82 Å². The summed E-state index contributed by atoms with van der Waals surface area (Å²) in [7, 11) is 0. The summed E-state index contributed by atoms with van der Waals surface area (Å²) < 4.78 is 1.09. The van der Waals surface area contributed by atoms with Crippen LogP contribution in [0.1, 0.15) is 33.4 Å². The number of nitrogens with one attached hydrogen (secondary N) is 1. The summed E-state index contributed by atoms with van der Waals surface area (Å²) in [5, 5.41) is 5.28. The molecule has 102 valence electrons. The molecule has 19 heavy (non-hydrogen) atoms. The molecular weight excluding hydrogens is 371 g/mol. The van der Waals surface area contributed by atoms with E-state index in [2.05, 4.69) is 65.6 Å². The first-order chi connectivity index (χ1) is 8.93. The van der Waals surface area contributed by atoms with Crippen LogP contribution in [0.3, 0.4) is 0 Å². The Balaban J connectivity index is 2.61. The van der Waals surface area contributed by atoms with E-state index < -0.39 is 0 Å². The molecule has 2 aromatic rings. The van der Waals surface area contributed by atoms with Crippen molar-refractivity contribution >= 4 is 39.7 Å². The van der Waals surface area contributed by atoms with Crippen LogP contribution in [0.25, 0.3) is 11.5 Å². The Hall–Kier alpha value is -0.760. The van der Waals surface area contributed by atoms with Gasteiger partial charge in [0.15, 0.2) is 5.82 Å². The number of nitrogens with zero attached hydrogens (tertiary/aromatic N) is 3. The molecule has 0 aliphatic rings. The minimum atomic E-state index is -0.0194. The van der Waals surface area contributed by atoms with Gasteiger partial charge >= 0.3 is 0 Å². The van der Waals surface area contributed by atoms with Crippen LogP contribution in [0.15, 0.2) is 10.9 Å². The predicted octanol–water partition coefficient (Wildman–Crippen LogP) is 3.93. The molecule has 0 fully saturated rings. The summed E-state index contributed by atoms with van der Waals surface area (Å²) >= 11 is 3.88. The molecule has 2 rings (SSSR count). The molecule has 0 saturated carbocycles. The van der Waals surface area contributed by atoms with E-state index in [1.807, 2.05) is 5.38 Å². The average Bonchev–Trinajstić information content (AvgIpc) is 2.84. The average molecular weight is 388 g/mol. The van der Waals surface area contributed by atoms with Crippen molar-refractivity contribution in [1.29, 1.82) is 0 Å². The maximum Gasteiger partial charge on any atom is 0.181 e. The molecule has 0 atom stereocenters. The fourth-order valence-electron chi connectivity index (χ4n) is 1.67. The third-order valence-corrected chi connectivity index (χ3v) is 4.18. The molecule has 0 amide bonds. The molecule has 0 aromatic carbocycles. The highest BCUT2D eigenvalue weighted by atomic mass is 127. The van der Waals surface area contributed by atoms with Crippen molar-refractivity contribution < 1.29 is 0 Å². The number of hydrogen-bond acceptors (Lipinski definition) is 5. The topological polar surface area (TPSA) is 50.7 Å². The Bertz CT molecular complexity index is 561. The molecule has 0 aliphatic heterocycles. The van der Waals surface area contributed by atoms with Crippen molar-refractivity contribution in [3.05, 3.63) is 20.2 Å². The zero-order valence-electron chi connectivity index (χ0n) is 11.5. The summed E-state index contributed by atoms with van der Waals surface area (Å²) in [4.78, 5) is 13.6. The van der Waals surface area contributed by atoms with Crippen LogP contribution in [0.5, 0.6) is 0 Å². The first-order valence-electron chi connectivity index (χ1n) is 6.14. The maximum atomic E-state index is 4.71. The molecule has 0 aliphatic carbocycles. The first kappa shape index (κ1) is 14.6. The summed E-state index contributed by atoms with van der Waals surface area (Å²) in [6.45, 7) is 9.40. The molecule has 4 nitrogen and oxygen atoms in total. The molecule has 0 spiro atoms. The van der Waals surface area contributed by atoms with E-state index >= 15 is 0 Å². The van der Waals surface area contributed by atoms with E-state index in [0.717, 1.165) is 27.3 Å². The smallest absolute Gasteiger partial charge is 0.181 e. The molecule has 1 N–H and O–H groups in total. The number of rotatable bonds is 3. The second-order valence-corrected chi connectivity index (χ2v) is 7.01. The lowest BCUT2D eigenvalue weighted by atomic mass is 9.92. The SMILES string of the molecule is CCNc1nc(-c2cscn2)nc(C(C)(C)C)c1I. The molecule has 2 heterocycles. The summed E-state index contributed by atoms with van der Waals surface area (Å²) in [5.74, 6) is 1.59. The van der Waals surface area contributed by atoms with Gasteiger partial charge in [0, 0.05) is 17.3 Å². The Kier molecular flexibility index (Phi) is 4.39. The third-order valence-electron chi connectivity index (χ3n) is 2.57. The quantitative estimate of drug-likeness (QED) is 0.810. The van der Waals surface area contributed by atoms with Crippen molar-refractivity contribution in [3.8, 4) is 11.5 Å². The summed E-state index contributed by atoms with van der Waals surface area (Å²) in [5.41, 5.74) is 3.68. The van der Waals surface area contributed by atoms with E-state index in [-0.39, 0.29) is 5.41 Å². The lowest BCUT2D eigenvalue weighted by molar-refractivity contribution is 0.564. The number of aromatic nitrogens is 3. The van der Waals surface area contributed by atoms with E-state index in [1.165, 1.54) is 0 Å². The van der Waals surface area contributed by atoms with Gasteiger partial charge in [-0.15, -0.1) is 11.3 Å². The standard InChI is InChI=1S/C13H17IN4S/c1-5-15-12-9(14)10(13(2,3)4)17-11(18-12)8-6-19-7-16-8/h6-7H,5H2,1-4H3,(H,15,17,18). The Morgan fingerprint density at radius 2 is 2.05 bits per heavy atom. The molecule has 0 unspecified atom stereocenters. The van der Waals surface area contributed by atoms with E-state index in [9.17, 15) is 0 Å². The molecule has 0 saturated heterocycles. The highest BCUT2D eigenvalue weighted by molar-refractivity contribution is 14.1. The van der Waals surface area contributed by atoms with E-state index in [4.69, 9.17) is 4.98 Å². The van der Waals surface area contributed by atoms with Crippen molar-refractivity contribution in [3.63, 3.8) is 0 Å². The zero-order chi connectivity index (χ0) is 14.0. The van der Waals surface area contributed by atoms with Gasteiger partial charge in [-0.1, -0.05) is 20.8 Å². The van der Waals surface area contributed by atoms with Crippen molar-refractivity contribution in [1.82, 2.24) is 15.0 Å². The summed E-state index contributed by atoms with van der Waals surface area (Å²) in [6.07, 6.45) is 0. The number of thiazole rings is 1. The third kappa shape index (κ3) is 3.22. The lowest BCUT2D eigenvalue weighted by Gasteiger charge is -2.21. The monoisotopic (exact) mass is 388 g/mol. The molecule has 0 radical (unpaired) electrons. The van der Waals surface area contributed by atoms with Crippen LogP contribution < -0.4 is 5.32 Å². The van der Waals surface area contributed by atoms with Crippen molar-refractivity contribution in [2.45, 2.75) is 33.1 Å². The number of hydrogen-bond donors (Lipinski definition) is 1.